The highest BCUT2D eigenvalue weighted by atomic mass is 19.1. The molecule has 0 spiro atoms. The fourth-order valence-electron chi connectivity index (χ4n) is 3.22. The summed E-state index contributed by atoms with van der Waals surface area (Å²) in [4.78, 5) is 30.6. The summed E-state index contributed by atoms with van der Waals surface area (Å²) in [7, 11) is 1.45. The first-order valence-electron chi connectivity index (χ1n) is 9.08. The number of halogens is 1. The number of hydrogen-bond acceptors (Lipinski definition) is 4. The number of nitrogens with zero attached hydrogens (tertiary/aromatic N) is 3. The molecular weight excluding hydrogens is 375 g/mol. The number of fused-ring (bicyclic) bond motifs is 1. The van der Waals surface area contributed by atoms with Crippen molar-refractivity contribution in [1.29, 1.82) is 0 Å². The van der Waals surface area contributed by atoms with Crippen molar-refractivity contribution in [2.24, 2.45) is 0 Å². The summed E-state index contributed by atoms with van der Waals surface area (Å²) >= 11 is 0. The number of carbonyl (C=O) groups is 2. The van der Waals surface area contributed by atoms with Crippen molar-refractivity contribution in [3.8, 4) is 5.75 Å². The number of anilines is 1. The van der Waals surface area contributed by atoms with E-state index in [0.29, 0.717) is 6.54 Å². The van der Waals surface area contributed by atoms with Crippen LogP contribution in [0.4, 0.5) is 10.1 Å². The van der Waals surface area contributed by atoms with Crippen molar-refractivity contribution in [2.75, 3.05) is 18.6 Å². The first kappa shape index (κ1) is 18.7. The Morgan fingerprint density at radius 1 is 1.24 bits per heavy atom. The lowest BCUT2D eigenvalue weighted by Crippen LogP contribution is -2.49. The van der Waals surface area contributed by atoms with Gasteiger partial charge in [0.25, 0.3) is 11.8 Å². The van der Waals surface area contributed by atoms with E-state index in [1.165, 1.54) is 19.2 Å². The number of amides is 2. The molecule has 2 heterocycles. The normalized spacial score (nSPS) is 16.0. The number of aromatic nitrogens is 2. The average Bonchev–Trinajstić information content (AvgIpc) is 3.15. The summed E-state index contributed by atoms with van der Waals surface area (Å²) in [5.41, 5.74) is 1.32. The Labute approximate surface area is 166 Å². The van der Waals surface area contributed by atoms with E-state index < -0.39 is 23.7 Å². The van der Waals surface area contributed by atoms with E-state index in [4.69, 9.17) is 4.74 Å². The molecule has 1 N–H and O–H groups in total. The molecule has 1 aliphatic rings. The second-order valence-electron chi connectivity index (χ2n) is 6.74. The molecule has 4 rings (SSSR count). The maximum atomic E-state index is 14.1. The largest absolute Gasteiger partial charge is 0.489 e. The summed E-state index contributed by atoms with van der Waals surface area (Å²) in [5, 5.41) is 2.63. The molecule has 0 bridgehead atoms. The predicted octanol–water partition coefficient (Wildman–Crippen LogP) is 2.22. The van der Waals surface area contributed by atoms with Crippen molar-refractivity contribution in [3.63, 3.8) is 0 Å². The summed E-state index contributed by atoms with van der Waals surface area (Å²) in [6.45, 7) is 0.472. The topological polar surface area (TPSA) is 76.5 Å². The molecule has 7 nitrogen and oxygen atoms in total. The first-order valence-corrected chi connectivity index (χ1v) is 9.08. The Kier molecular flexibility index (Phi) is 4.99. The van der Waals surface area contributed by atoms with Crippen molar-refractivity contribution >= 4 is 17.5 Å². The van der Waals surface area contributed by atoms with Crippen LogP contribution in [0, 0.1) is 5.82 Å². The number of benzene rings is 2. The molecule has 1 unspecified atom stereocenters. The Balaban J connectivity index is 1.46. The highest BCUT2D eigenvalue weighted by molar-refractivity contribution is 6.02. The van der Waals surface area contributed by atoms with Gasteiger partial charge in [-0.25, -0.2) is 9.37 Å². The van der Waals surface area contributed by atoms with Crippen LogP contribution in [0.25, 0.3) is 0 Å². The quantitative estimate of drug-likeness (QED) is 0.736. The van der Waals surface area contributed by atoms with Gasteiger partial charge >= 0.3 is 0 Å². The number of imidazole rings is 1. The van der Waals surface area contributed by atoms with Crippen LogP contribution in [0.3, 0.4) is 0 Å². The zero-order chi connectivity index (χ0) is 20.4. The average molecular weight is 394 g/mol. The third-order valence-electron chi connectivity index (χ3n) is 4.70. The second-order valence-corrected chi connectivity index (χ2v) is 6.74. The van der Waals surface area contributed by atoms with E-state index in [2.05, 4.69) is 10.3 Å². The zero-order valence-corrected chi connectivity index (χ0v) is 15.7. The molecule has 0 radical (unpaired) electrons. The highest BCUT2D eigenvalue weighted by Crippen LogP contribution is 2.32. The van der Waals surface area contributed by atoms with Crippen molar-refractivity contribution in [3.05, 3.63) is 78.1 Å². The van der Waals surface area contributed by atoms with Crippen LogP contribution in [-0.4, -0.2) is 41.1 Å². The number of nitrogens with one attached hydrogen (secondary N) is 1. The summed E-state index contributed by atoms with van der Waals surface area (Å²) in [5.74, 6) is -1.28. The Bertz CT molecular complexity index is 1050. The van der Waals surface area contributed by atoms with Gasteiger partial charge in [0.2, 0.25) is 0 Å². The number of carbonyl (C=O) groups excluding carboxylic acids is 2. The maximum Gasteiger partial charge on any atom is 0.272 e. The second kappa shape index (κ2) is 7.75. The lowest BCUT2D eigenvalue weighted by molar-refractivity contribution is -0.120. The van der Waals surface area contributed by atoms with Gasteiger partial charge in [-0.2, -0.15) is 0 Å². The third kappa shape index (κ3) is 3.82. The van der Waals surface area contributed by atoms with Crippen LogP contribution in [0.2, 0.25) is 0 Å². The molecule has 2 aromatic carbocycles. The molecule has 148 valence electrons. The van der Waals surface area contributed by atoms with Crippen molar-refractivity contribution < 1.29 is 18.7 Å². The van der Waals surface area contributed by atoms with Gasteiger partial charge in [0.05, 0.1) is 6.33 Å². The molecule has 29 heavy (non-hydrogen) atoms. The van der Waals surface area contributed by atoms with Gasteiger partial charge in [-0.15, -0.1) is 0 Å². The van der Waals surface area contributed by atoms with Gasteiger partial charge in [-0.1, -0.05) is 36.4 Å². The van der Waals surface area contributed by atoms with Gasteiger partial charge in [0, 0.05) is 19.8 Å². The number of rotatable bonds is 4. The smallest absolute Gasteiger partial charge is 0.272 e. The van der Waals surface area contributed by atoms with E-state index in [9.17, 15) is 14.0 Å². The predicted molar refractivity (Wildman–Crippen MR) is 104 cm³/mol. The van der Waals surface area contributed by atoms with Gasteiger partial charge < -0.3 is 19.5 Å². The fraction of sp³-hybridized carbons (Fsp3) is 0.190. The lowest BCUT2D eigenvalue weighted by atomic mass is 10.2. The fourth-order valence-corrected chi connectivity index (χ4v) is 3.22. The maximum absolute atomic E-state index is 14.1. The number of para-hydroxylation sites is 1. The summed E-state index contributed by atoms with van der Waals surface area (Å²) in [6, 6.07) is 13.2. The van der Waals surface area contributed by atoms with E-state index in [1.54, 1.807) is 23.2 Å². The zero-order valence-electron chi connectivity index (χ0n) is 15.7. The van der Waals surface area contributed by atoms with Crippen LogP contribution in [0.1, 0.15) is 16.1 Å². The van der Waals surface area contributed by atoms with E-state index in [1.807, 2.05) is 30.3 Å². The van der Waals surface area contributed by atoms with E-state index in [-0.39, 0.29) is 23.7 Å². The van der Waals surface area contributed by atoms with Gasteiger partial charge in [-0.3, -0.25) is 9.59 Å². The Morgan fingerprint density at radius 3 is 2.83 bits per heavy atom. The van der Waals surface area contributed by atoms with Gasteiger partial charge in [0.1, 0.15) is 29.8 Å². The minimum atomic E-state index is -0.960. The number of ether oxygens (including phenoxy) is 1. The van der Waals surface area contributed by atoms with Crippen molar-refractivity contribution in [2.45, 2.75) is 12.6 Å². The molecule has 0 aliphatic carbocycles. The molecule has 0 fully saturated rings. The highest BCUT2D eigenvalue weighted by Gasteiger charge is 2.32. The number of hydrogen-bond donors (Lipinski definition) is 1. The Hall–Kier alpha value is -3.68. The molecule has 2 amide bonds. The molecule has 1 atom stereocenters. The molecule has 1 aliphatic heterocycles. The molecular formula is C21H19FN4O3. The lowest BCUT2D eigenvalue weighted by Gasteiger charge is -2.20. The van der Waals surface area contributed by atoms with Crippen molar-refractivity contribution in [1.82, 2.24) is 14.9 Å². The monoisotopic (exact) mass is 394 g/mol. The van der Waals surface area contributed by atoms with Crippen LogP contribution in [0.15, 0.2) is 61.1 Å². The van der Waals surface area contributed by atoms with E-state index >= 15 is 0 Å². The molecule has 3 aromatic rings. The standard InChI is InChI=1S/C21H19FN4O3/c1-25-19-15(22)8-5-9-18(19)29-12-17(21(25)28)24-20(27)16-11-26(13-23-16)10-14-6-3-2-4-7-14/h2-9,11,13,17H,10,12H2,1H3,(H,24,27). The summed E-state index contributed by atoms with van der Waals surface area (Å²) < 4.78 is 21.5. The minimum absolute atomic E-state index is 0.0568. The minimum Gasteiger partial charge on any atom is -0.489 e. The SMILES string of the molecule is CN1C(=O)C(NC(=O)c2cn(Cc3ccccc3)cn2)COc2cccc(F)c21. The third-order valence-corrected chi connectivity index (χ3v) is 4.70. The van der Waals surface area contributed by atoms with E-state index in [0.717, 1.165) is 10.5 Å². The molecule has 0 saturated heterocycles. The molecule has 1 aromatic heterocycles. The summed E-state index contributed by atoms with van der Waals surface area (Å²) in [6.07, 6.45) is 3.17. The van der Waals surface area contributed by atoms with Crippen LogP contribution in [0.5, 0.6) is 5.75 Å². The molecule has 0 saturated carbocycles. The van der Waals surface area contributed by atoms with Crippen LogP contribution in [-0.2, 0) is 11.3 Å². The molecule has 8 heteroatoms. The first-order chi connectivity index (χ1) is 14.0. The van der Waals surface area contributed by atoms with Crippen LogP contribution < -0.4 is 15.0 Å². The number of likely N-dealkylation sites (N-methyl/N-ethyl adjacent to an activating group) is 1. The van der Waals surface area contributed by atoms with Crippen LogP contribution >= 0.6 is 0 Å². The van der Waals surface area contributed by atoms with Gasteiger partial charge in [0.15, 0.2) is 5.82 Å². The Morgan fingerprint density at radius 2 is 2.03 bits per heavy atom. The van der Waals surface area contributed by atoms with Gasteiger partial charge in [-0.05, 0) is 17.7 Å².